The molecule has 5 nitrogen and oxygen atoms in total. The van der Waals surface area contributed by atoms with Crippen molar-refractivity contribution in [1.29, 1.82) is 0 Å². The maximum absolute atomic E-state index is 13.2. The Morgan fingerprint density at radius 1 is 0.606 bits per heavy atom. The number of nitrogens with zero attached hydrogens (tertiary/aromatic N) is 1. The van der Waals surface area contributed by atoms with E-state index in [4.69, 9.17) is 9.05 Å². The van der Waals surface area contributed by atoms with Crippen LogP contribution in [0.5, 0.6) is 0 Å². The SMILES string of the molecule is CCCCCCCCN(CCCCCCCC)C(=O)CCP(=O)(OCCCC)OCCCC. The molecule has 6 heteroatoms. The number of hydrogen-bond donors (Lipinski definition) is 0. The quantitative estimate of drug-likeness (QED) is 0.0950. The summed E-state index contributed by atoms with van der Waals surface area (Å²) in [6.45, 7) is 11.1. The minimum absolute atomic E-state index is 0.107. The average molecular weight is 490 g/mol. The molecule has 0 saturated carbocycles. The molecule has 33 heavy (non-hydrogen) atoms. The van der Waals surface area contributed by atoms with Gasteiger partial charge in [-0.1, -0.05) is 105 Å². The second-order valence-electron chi connectivity index (χ2n) is 9.37. The molecule has 0 unspecified atom stereocenters. The number of carbonyl (C=O) groups is 1. The summed E-state index contributed by atoms with van der Waals surface area (Å²) in [4.78, 5) is 15.1. The lowest BCUT2D eigenvalue weighted by atomic mass is 10.1. The van der Waals surface area contributed by atoms with Crippen LogP contribution in [-0.2, 0) is 18.4 Å². The van der Waals surface area contributed by atoms with Gasteiger partial charge in [0.1, 0.15) is 0 Å². The first kappa shape index (κ1) is 32.6. The fourth-order valence-corrected chi connectivity index (χ4v) is 5.39. The summed E-state index contributed by atoms with van der Waals surface area (Å²) in [6, 6.07) is 0. The van der Waals surface area contributed by atoms with Crippen molar-refractivity contribution in [3.8, 4) is 0 Å². The Bertz CT molecular complexity index is 457. The Kier molecular flexibility index (Phi) is 23.1. The first-order valence-corrected chi connectivity index (χ1v) is 15.9. The predicted molar refractivity (Wildman–Crippen MR) is 142 cm³/mol. The lowest BCUT2D eigenvalue weighted by Gasteiger charge is -2.24. The summed E-state index contributed by atoms with van der Waals surface area (Å²) in [5.41, 5.74) is 0. The highest BCUT2D eigenvalue weighted by Crippen LogP contribution is 2.49. The van der Waals surface area contributed by atoms with Gasteiger partial charge < -0.3 is 13.9 Å². The van der Waals surface area contributed by atoms with E-state index in [1.807, 2.05) is 4.90 Å². The molecule has 0 spiro atoms. The van der Waals surface area contributed by atoms with Crippen LogP contribution in [0, 0.1) is 0 Å². The number of unbranched alkanes of at least 4 members (excludes halogenated alkanes) is 12. The van der Waals surface area contributed by atoms with Crippen LogP contribution in [0.25, 0.3) is 0 Å². The van der Waals surface area contributed by atoms with Crippen molar-refractivity contribution in [2.24, 2.45) is 0 Å². The first-order valence-electron chi connectivity index (χ1n) is 14.2. The molecule has 198 valence electrons. The zero-order chi connectivity index (χ0) is 24.6. The van der Waals surface area contributed by atoms with E-state index >= 15 is 0 Å². The van der Waals surface area contributed by atoms with Crippen LogP contribution in [-0.4, -0.2) is 43.3 Å². The summed E-state index contributed by atoms with van der Waals surface area (Å²) in [5.74, 6) is 0.107. The van der Waals surface area contributed by atoms with E-state index in [1.165, 1.54) is 64.2 Å². The van der Waals surface area contributed by atoms with Gasteiger partial charge in [0.25, 0.3) is 0 Å². The van der Waals surface area contributed by atoms with Crippen molar-refractivity contribution < 1.29 is 18.4 Å². The Hall–Kier alpha value is -0.380. The maximum Gasteiger partial charge on any atom is 0.331 e. The molecule has 0 aliphatic carbocycles. The van der Waals surface area contributed by atoms with Gasteiger partial charge in [0.05, 0.1) is 19.4 Å². The van der Waals surface area contributed by atoms with E-state index in [0.717, 1.165) is 51.6 Å². The summed E-state index contributed by atoms with van der Waals surface area (Å²) >= 11 is 0. The third-order valence-corrected chi connectivity index (χ3v) is 8.01. The monoisotopic (exact) mass is 489 g/mol. The second-order valence-corrected chi connectivity index (χ2v) is 11.6. The van der Waals surface area contributed by atoms with Crippen molar-refractivity contribution in [1.82, 2.24) is 4.90 Å². The van der Waals surface area contributed by atoms with Crippen molar-refractivity contribution in [2.75, 3.05) is 32.5 Å². The Balaban J connectivity index is 4.70. The van der Waals surface area contributed by atoms with E-state index in [0.29, 0.717) is 13.2 Å². The summed E-state index contributed by atoms with van der Waals surface area (Å²) in [7, 11) is -3.21. The highest BCUT2D eigenvalue weighted by molar-refractivity contribution is 7.53. The molecule has 0 aromatic heterocycles. The Morgan fingerprint density at radius 3 is 1.42 bits per heavy atom. The number of carbonyl (C=O) groups excluding carboxylic acids is 1. The van der Waals surface area contributed by atoms with Crippen molar-refractivity contribution in [3.63, 3.8) is 0 Å². The second kappa shape index (κ2) is 23.4. The van der Waals surface area contributed by atoms with Gasteiger partial charge in [0.15, 0.2) is 0 Å². The van der Waals surface area contributed by atoms with E-state index < -0.39 is 7.60 Å². The molecular formula is C27H56NO4P. The van der Waals surface area contributed by atoms with Gasteiger partial charge in [0, 0.05) is 19.5 Å². The molecule has 0 heterocycles. The van der Waals surface area contributed by atoms with Crippen LogP contribution < -0.4 is 0 Å². The van der Waals surface area contributed by atoms with Crippen LogP contribution in [0.4, 0.5) is 0 Å². The standard InChI is InChI=1S/C27H56NO4P/c1-5-9-13-15-17-19-22-28(23-20-18-16-14-10-6-2)27(29)21-26-33(30,31-24-11-7-3)32-25-12-8-4/h5-26H2,1-4H3. The van der Waals surface area contributed by atoms with Crippen molar-refractivity contribution in [3.05, 3.63) is 0 Å². The highest BCUT2D eigenvalue weighted by atomic mass is 31.2. The van der Waals surface area contributed by atoms with Crippen LogP contribution in [0.1, 0.15) is 137 Å². The van der Waals surface area contributed by atoms with Gasteiger partial charge >= 0.3 is 7.60 Å². The lowest BCUT2D eigenvalue weighted by molar-refractivity contribution is -0.131. The largest absolute Gasteiger partial charge is 0.343 e. The third kappa shape index (κ3) is 19.6. The summed E-state index contributed by atoms with van der Waals surface area (Å²) in [6.07, 6.45) is 18.8. The van der Waals surface area contributed by atoms with Crippen LogP contribution in [0.3, 0.4) is 0 Å². The Labute approximate surface area is 206 Å². The number of amides is 1. The zero-order valence-corrected chi connectivity index (χ0v) is 23.5. The van der Waals surface area contributed by atoms with Gasteiger partial charge in [-0.15, -0.1) is 0 Å². The van der Waals surface area contributed by atoms with Gasteiger partial charge in [-0.3, -0.25) is 9.36 Å². The van der Waals surface area contributed by atoms with E-state index in [-0.39, 0.29) is 18.5 Å². The summed E-state index contributed by atoms with van der Waals surface area (Å²) < 4.78 is 24.6. The molecular weight excluding hydrogens is 433 g/mol. The number of rotatable bonds is 25. The van der Waals surface area contributed by atoms with Crippen LogP contribution in [0.2, 0.25) is 0 Å². The smallest absolute Gasteiger partial charge is 0.331 e. The van der Waals surface area contributed by atoms with Crippen LogP contribution in [0.15, 0.2) is 0 Å². The zero-order valence-electron chi connectivity index (χ0n) is 22.6. The van der Waals surface area contributed by atoms with Gasteiger partial charge in [0.2, 0.25) is 5.91 Å². The molecule has 0 aromatic rings. The van der Waals surface area contributed by atoms with Crippen molar-refractivity contribution >= 4 is 13.5 Å². The molecule has 0 fully saturated rings. The normalized spacial score (nSPS) is 11.8. The van der Waals surface area contributed by atoms with Crippen LogP contribution >= 0.6 is 7.60 Å². The molecule has 0 radical (unpaired) electrons. The molecule has 0 saturated heterocycles. The van der Waals surface area contributed by atoms with Gasteiger partial charge in [-0.25, -0.2) is 0 Å². The lowest BCUT2D eigenvalue weighted by Crippen LogP contribution is -2.33. The molecule has 0 rings (SSSR count). The molecule has 1 amide bonds. The molecule has 0 aromatic carbocycles. The average Bonchev–Trinajstić information content (AvgIpc) is 2.81. The molecule has 0 aliphatic heterocycles. The highest BCUT2D eigenvalue weighted by Gasteiger charge is 2.27. The van der Waals surface area contributed by atoms with Gasteiger partial charge in [-0.05, 0) is 25.7 Å². The first-order chi connectivity index (χ1) is 16.0. The minimum Gasteiger partial charge on any atom is -0.343 e. The van der Waals surface area contributed by atoms with E-state index in [1.54, 1.807) is 0 Å². The fraction of sp³-hybridized carbons (Fsp3) is 0.963. The van der Waals surface area contributed by atoms with Gasteiger partial charge in [-0.2, -0.15) is 0 Å². The minimum atomic E-state index is -3.21. The predicted octanol–water partition coefficient (Wildman–Crippen LogP) is 8.75. The summed E-state index contributed by atoms with van der Waals surface area (Å²) in [5, 5.41) is 0. The third-order valence-electron chi connectivity index (χ3n) is 6.09. The molecule has 0 bridgehead atoms. The van der Waals surface area contributed by atoms with E-state index in [9.17, 15) is 9.36 Å². The van der Waals surface area contributed by atoms with Crippen molar-refractivity contribution in [2.45, 2.75) is 137 Å². The molecule has 0 N–H and O–H groups in total. The number of hydrogen-bond acceptors (Lipinski definition) is 4. The molecule has 0 aliphatic rings. The topological polar surface area (TPSA) is 55.8 Å². The van der Waals surface area contributed by atoms with E-state index in [2.05, 4.69) is 27.7 Å². The fourth-order valence-electron chi connectivity index (χ4n) is 3.78. The maximum atomic E-state index is 13.2. The molecule has 0 atom stereocenters. The Morgan fingerprint density at radius 2 is 1.00 bits per heavy atom.